The minimum atomic E-state index is 0.176. The molecular weight excluding hydrogens is 248 g/mol. The zero-order chi connectivity index (χ0) is 13.0. The molecule has 1 aromatic carbocycles. The van der Waals surface area contributed by atoms with Gasteiger partial charge in [-0.05, 0) is 43.0 Å². The first-order valence-corrected chi connectivity index (χ1v) is 6.79. The average Bonchev–Trinajstić information content (AvgIpc) is 2.39. The molecule has 0 unspecified atom stereocenters. The van der Waals surface area contributed by atoms with Gasteiger partial charge in [-0.1, -0.05) is 23.7 Å². The standard InChI is InChI=1S/C14H19ClN2O/c15-13-5-1-3-11(7-13)8-14(18)17-6-2-4-12(9-16)10-17/h1,3,5,7,12H,2,4,6,8-10,16H2/t12-/m0/s1. The number of nitrogens with zero attached hydrogens (tertiary/aromatic N) is 1. The topological polar surface area (TPSA) is 46.3 Å². The highest BCUT2D eigenvalue weighted by atomic mass is 35.5. The Kier molecular flexibility index (Phi) is 4.61. The fraction of sp³-hybridized carbons (Fsp3) is 0.500. The lowest BCUT2D eigenvalue weighted by molar-refractivity contribution is -0.132. The molecule has 4 heteroatoms. The molecule has 1 saturated heterocycles. The van der Waals surface area contributed by atoms with Gasteiger partial charge in [-0.25, -0.2) is 0 Å². The molecule has 0 bridgehead atoms. The van der Waals surface area contributed by atoms with Crippen LogP contribution in [0.3, 0.4) is 0 Å². The molecule has 1 fully saturated rings. The summed E-state index contributed by atoms with van der Waals surface area (Å²) in [5.74, 6) is 0.637. The highest BCUT2D eigenvalue weighted by molar-refractivity contribution is 6.30. The van der Waals surface area contributed by atoms with Crippen molar-refractivity contribution in [2.45, 2.75) is 19.3 Å². The summed E-state index contributed by atoms with van der Waals surface area (Å²) in [7, 11) is 0. The van der Waals surface area contributed by atoms with Crippen LogP contribution < -0.4 is 5.73 Å². The van der Waals surface area contributed by atoms with E-state index in [0.717, 1.165) is 31.5 Å². The van der Waals surface area contributed by atoms with Gasteiger partial charge in [0.1, 0.15) is 0 Å². The molecule has 0 saturated carbocycles. The maximum atomic E-state index is 12.2. The van der Waals surface area contributed by atoms with Crippen molar-refractivity contribution in [3.05, 3.63) is 34.9 Å². The maximum Gasteiger partial charge on any atom is 0.227 e. The predicted molar refractivity (Wildman–Crippen MR) is 73.5 cm³/mol. The zero-order valence-electron chi connectivity index (χ0n) is 10.4. The molecule has 2 N–H and O–H groups in total. The van der Waals surface area contributed by atoms with Gasteiger partial charge in [0, 0.05) is 18.1 Å². The number of halogens is 1. The summed E-state index contributed by atoms with van der Waals surface area (Å²) in [6, 6.07) is 7.49. The van der Waals surface area contributed by atoms with E-state index in [4.69, 9.17) is 17.3 Å². The Labute approximate surface area is 113 Å². The lowest BCUT2D eigenvalue weighted by Crippen LogP contribution is -2.42. The van der Waals surface area contributed by atoms with Crippen molar-refractivity contribution in [3.8, 4) is 0 Å². The third-order valence-electron chi connectivity index (χ3n) is 3.45. The molecule has 1 atom stereocenters. The summed E-state index contributed by atoms with van der Waals surface area (Å²) in [6.45, 7) is 2.33. The lowest BCUT2D eigenvalue weighted by Gasteiger charge is -2.32. The van der Waals surface area contributed by atoms with E-state index in [0.29, 0.717) is 23.9 Å². The van der Waals surface area contributed by atoms with Gasteiger partial charge in [0.15, 0.2) is 0 Å². The fourth-order valence-corrected chi connectivity index (χ4v) is 2.63. The predicted octanol–water partition coefficient (Wildman–Crippen LogP) is 2.08. The molecule has 0 aliphatic carbocycles. The molecule has 1 aromatic rings. The molecule has 0 radical (unpaired) electrons. The summed E-state index contributed by atoms with van der Waals surface area (Å²) in [6.07, 6.45) is 2.62. The van der Waals surface area contributed by atoms with Gasteiger partial charge < -0.3 is 10.6 Å². The summed E-state index contributed by atoms with van der Waals surface area (Å²) in [4.78, 5) is 14.1. The number of piperidine rings is 1. The molecule has 1 aliphatic rings. The number of carbonyl (C=O) groups excluding carboxylic acids is 1. The molecule has 0 aromatic heterocycles. The van der Waals surface area contributed by atoms with Crippen molar-refractivity contribution < 1.29 is 4.79 Å². The van der Waals surface area contributed by atoms with E-state index >= 15 is 0 Å². The van der Waals surface area contributed by atoms with Crippen molar-refractivity contribution in [3.63, 3.8) is 0 Å². The van der Waals surface area contributed by atoms with Gasteiger partial charge in [0.25, 0.3) is 0 Å². The van der Waals surface area contributed by atoms with Gasteiger partial charge in [0.2, 0.25) is 5.91 Å². The Morgan fingerprint density at radius 2 is 2.33 bits per heavy atom. The number of benzene rings is 1. The first-order valence-electron chi connectivity index (χ1n) is 6.41. The summed E-state index contributed by atoms with van der Waals surface area (Å²) >= 11 is 5.92. The molecular formula is C14H19ClN2O. The number of amides is 1. The molecule has 1 amide bonds. The van der Waals surface area contributed by atoms with Crippen LogP contribution in [0.25, 0.3) is 0 Å². The number of likely N-dealkylation sites (tertiary alicyclic amines) is 1. The van der Waals surface area contributed by atoms with Crippen LogP contribution in [0.15, 0.2) is 24.3 Å². The van der Waals surface area contributed by atoms with Crippen LogP contribution in [0, 0.1) is 5.92 Å². The molecule has 2 rings (SSSR count). The van der Waals surface area contributed by atoms with Crippen LogP contribution in [0.2, 0.25) is 5.02 Å². The molecule has 98 valence electrons. The van der Waals surface area contributed by atoms with Crippen molar-refractivity contribution >= 4 is 17.5 Å². The van der Waals surface area contributed by atoms with Crippen LogP contribution in [0.4, 0.5) is 0 Å². The first kappa shape index (κ1) is 13.4. The fourth-order valence-electron chi connectivity index (χ4n) is 2.42. The third kappa shape index (κ3) is 3.47. The van der Waals surface area contributed by atoms with Crippen molar-refractivity contribution in [2.24, 2.45) is 11.7 Å². The van der Waals surface area contributed by atoms with Crippen molar-refractivity contribution in [1.82, 2.24) is 4.90 Å². The second-order valence-electron chi connectivity index (χ2n) is 4.89. The minimum Gasteiger partial charge on any atom is -0.342 e. The van der Waals surface area contributed by atoms with E-state index in [1.54, 1.807) is 0 Å². The minimum absolute atomic E-state index is 0.176. The number of hydrogen-bond acceptors (Lipinski definition) is 2. The Morgan fingerprint density at radius 1 is 1.50 bits per heavy atom. The van der Waals surface area contributed by atoms with Gasteiger partial charge in [0.05, 0.1) is 6.42 Å². The summed E-state index contributed by atoms with van der Waals surface area (Å²) < 4.78 is 0. The molecule has 1 heterocycles. The monoisotopic (exact) mass is 266 g/mol. The van der Waals surface area contributed by atoms with Crippen LogP contribution in [-0.4, -0.2) is 30.4 Å². The van der Waals surface area contributed by atoms with Gasteiger partial charge >= 0.3 is 0 Å². The Bertz CT molecular complexity index is 422. The summed E-state index contributed by atoms with van der Waals surface area (Å²) in [5.41, 5.74) is 6.66. The van der Waals surface area contributed by atoms with Gasteiger partial charge in [-0.2, -0.15) is 0 Å². The molecule has 1 aliphatic heterocycles. The maximum absolute atomic E-state index is 12.2. The number of nitrogens with two attached hydrogens (primary N) is 1. The number of hydrogen-bond donors (Lipinski definition) is 1. The quantitative estimate of drug-likeness (QED) is 0.911. The lowest BCUT2D eigenvalue weighted by atomic mass is 9.97. The Hall–Kier alpha value is -1.06. The first-order chi connectivity index (χ1) is 8.69. The van der Waals surface area contributed by atoms with E-state index < -0.39 is 0 Å². The number of rotatable bonds is 3. The van der Waals surface area contributed by atoms with Gasteiger partial charge in [-0.15, -0.1) is 0 Å². The third-order valence-corrected chi connectivity index (χ3v) is 3.68. The Balaban J connectivity index is 1.95. The number of carbonyl (C=O) groups is 1. The SMILES string of the molecule is NC[C@@H]1CCCN(C(=O)Cc2cccc(Cl)c2)C1. The highest BCUT2D eigenvalue weighted by Crippen LogP contribution is 2.17. The highest BCUT2D eigenvalue weighted by Gasteiger charge is 2.22. The van der Waals surface area contributed by atoms with Crippen LogP contribution in [-0.2, 0) is 11.2 Å². The van der Waals surface area contributed by atoms with E-state index in [-0.39, 0.29) is 5.91 Å². The average molecular weight is 267 g/mol. The molecule has 0 spiro atoms. The summed E-state index contributed by atoms with van der Waals surface area (Å²) in [5, 5.41) is 0.679. The molecule has 3 nitrogen and oxygen atoms in total. The van der Waals surface area contributed by atoms with Crippen LogP contribution in [0.1, 0.15) is 18.4 Å². The van der Waals surface area contributed by atoms with Crippen LogP contribution >= 0.6 is 11.6 Å². The Morgan fingerprint density at radius 3 is 3.06 bits per heavy atom. The van der Waals surface area contributed by atoms with E-state index in [1.807, 2.05) is 29.2 Å². The van der Waals surface area contributed by atoms with Crippen LogP contribution in [0.5, 0.6) is 0 Å². The van der Waals surface area contributed by atoms with Crippen molar-refractivity contribution in [1.29, 1.82) is 0 Å². The second-order valence-corrected chi connectivity index (χ2v) is 5.33. The van der Waals surface area contributed by atoms with E-state index in [1.165, 1.54) is 0 Å². The van der Waals surface area contributed by atoms with E-state index in [2.05, 4.69) is 0 Å². The van der Waals surface area contributed by atoms with Gasteiger partial charge in [-0.3, -0.25) is 4.79 Å². The second kappa shape index (κ2) is 6.21. The van der Waals surface area contributed by atoms with Crippen molar-refractivity contribution in [2.75, 3.05) is 19.6 Å². The van der Waals surface area contributed by atoms with E-state index in [9.17, 15) is 4.79 Å². The smallest absolute Gasteiger partial charge is 0.227 e. The normalized spacial score (nSPS) is 19.9. The largest absolute Gasteiger partial charge is 0.342 e. The zero-order valence-corrected chi connectivity index (χ0v) is 11.2. The molecule has 18 heavy (non-hydrogen) atoms.